The lowest BCUT2D eigenvalue weighted by Crippen LogP contribution is -2.36. The van der Waals surface area contributed by atoms with Crippen molar-refractivity contribution in [3.8, 4) is 11.5 Å². The fourth-order valence-corrected chi connectivity index (χ4v) is 4.02. The highest BCUT2D eigenvalue weighted by molar-refractivity contribution is 6.34. The molecule has 164 valence electrons. The SMILES string of the molecule is O=C(CNc1cc(Cl)ccc1C(=O)N1CCCCC1)Nc1cc2c(cc1Cl)OCCO2. The van der Waals surface area contributed by atoms with E-state index in [1.165, 1.54) is 0 Å². The first-order valence-electron chi connectivity index (χ1n) is 10.2. The van der Waals surface area contributed by atoms with Crippen molar-refractivity contribution >= 4 is 46.4 Å². The Morgan fingerprint density at radius 3 is 2.39 bits per heavy atom. The lowest BCUT2D eigenvalue weighted by molar-refractivity contribution is -0.114. The van der Waals surface area contributed by atoms with Crippen LogP contribution in [-0.4, -0.2) is 49.6 Å². The van der Waals surface area contributed by atoms with Crippen LogP contribution < -0.4 is 20.1 Å². The Hall–Kier alpha value is -2.64. The number of benzene rings is 2. The number of amides is 2. The summed E-state index contributed by atoms with van der Waals surface area (Å²) in [7, 11) is 0. The predicted molar refractivity (Wildman–Crippen MR) is 121 cm³/mol. The van der Waals surface area contributed by atoms with Gasteiger partial charge in [0.25, 0.3) is 5.91 Å². The molecule has 2 amide bonds. The van der Waals surface area contributed by atoms with Crippen molar-refractivity contribution in [3.63, 3.8) is 0 Å². The number of hydrogen-bond acceptors (Lipinski definition) is 5. The predicted octanol–water partition coefficient (Wildman–Crippen LogP) is 4.44. The van der Waals surface area contributed by atoms with Crippen LogP contribution >= 0.6 is 23.2 Å². The molecule has 2 aromatic rings. The Morgan fingerprint density at radius 1 is 0.935 bits per heavy atom. The number of carbonyl (C=O) groups excluding carboxylic acids is 2. The second-order valence-electron chi connectivity index (χ2n) is 7.42. The monoisotopic (exact) mass is 463 g/mol. The van der Waals surface area contributed by atoms with Gasteiger partial charge >= 0.3 is 0 Å². The van der Waals surface area contributed by atoms with Gasteiger partial charge in [0.2, 0.25) is 5.91 Å². The molecule has 2 heterocycles. The molecule has 0 saturated carbocycles. The van der Waals surface area contributed by atoms with Gasteiger partial charge in [-0.15, -0.1) is 0 Å². The molecule has 2 aromatic carbocycles. The summed E-state index contributed by atoms with van der Waals surface area (Å²) in [5.41, 5.74) is 1.44. The van der Waals surface area contributed by atoms with Gasteiger partial charge in [-0.05, 0) is 37.5 Å². The van der Waals surface area contributed by atoms with E-state index in [1.807, 2.05) is 4.90 Å². The van der Waals surface area contributed by atoms with E-state index in [0.717, 1.165) is 32.4 Å². The lowest BCUT2D eigenvalue weighted by Gasteiger charge is -2.27. The van der Waals surface area contributed by atoms with Crippen molar-refractivity contribution in [1.82, 2.24) is 4.90 Å². The Kier molecular flexibility index (Phi) is 6.73. The average Bonchev–Trinajstić information content (AvgIpc) is 2.78. The molecule has 7 nitrogen and oxygen atoms in total. The molecular formula is C22H23Cl2N3O4. The largest absolute Gasteiger partial charge is 0.486 e. The standard InChI is InChI=1S/C22H23Cl2N3O4/c23-14-4-5-15(22(29)27-6-2-1-3-7-27)17(10-14)25-13-21(28)26-18-12-20-19(11-16(18)24)30-8-9-31-20/h4-5,10-12,25H,1-3,6-9,13H2,(H,26,28). The van der Waals surface area contributed by atoms with E-state index < -0.39 is 0 Å². The first-order chi connectivity index (χ1) is 15.0. The number of nitrogens with one attached hydrogen (secondary N) is 2. The average molecular weight is 464 g/mol. The molecule has 1 fully saturated rings. The number of rotatable bonds is 5. The van der Waals surface area contributed by atoms with Gasteiger partial charge in [0.15, 0.2) is 11.5 Å². The van der Waals surface area contributed by atoms with E-state index in [1.54, 1.807) is 30.3 Å². The van der Waals surface area contributed by atoms with Crippen LogP contribution in [0.1, 0.15) is 29.6 Å². The quantitative estimate of drug-likeness (QED) is 0.684. The van der Waals surface area contributed by atoms with Crippen LogP contribution in [0.15, 0.2) is 30.3 Å². The van der Waals surface area contributed by atoms with Crippen LogP contribution in [0.5, 0.6) is 11.5 Å². The Labute approximate surface area is 190 Å². The van der Waals surface area contributed by atoms with Gasteiger partial charge in [-0.2, -0.15) is 0 Å². The molecule has 0 unspecified atom stereocenters. The van der Waals surface area contributed by atoms with Crippen molar-refractivity contribution < 1.29 is 19.1 Å². The first kappa shape index (κ1) is 21.6. The van der Waals surface area contributed by atoms with Crippen LogP contribution in [-0.2, 0) is 4.79 Å². The smallest absolute Gasteiger partial charge is 0.255 e. The maximum atomic E-state index is 12.9. The third-order valence-corrected chi connectivity index (χ3v) is 5.75. The Bertz CT molecular complexity index is 993. The number of anilines is 2. The zero-order chi connectivity index (χ0) is 21.8. The molecule has 2 aliphatic heterocycles. The van der Waals surface area contributed by atoms with Gasteiger partial charge < -0.3 is 25.0 Å². The summed E-state index contributed by atoms with van der Waals surface area (Å²) < 4.78 is 11.0. The number of likely N-dealkylation sites (tertiary alicyclic amines) is 1. The van der Waals surface area contributed by atoms with E-state index in [9.17, 15) is 9.59 Å². The molecule has 0 atom stereocenters. The number of ether oxygens (including phenoxy) is 2. The fourth-order valence-electron chi connectivity index (χ4n) is 3.65. The molecule has 0 bridgehead atoms. The summed E-state index contributed by atoms with van der Waals surface area (Å²) in [5.74, 6) is 0.694. The summed E-state index contributed by atoms with van der Waals surface area (Å²) in [4.78, 5) is 27.3. The summed E-state index contributed by atoms with van der Waals surface area (Å²) in [6.45, 7) is 2.31. The highest BCUT2D eigenvalue weighted by Gasteiger charge is 2.22. The number of hydrogen-bond donors (Lipinski definition) is 2. The molecule has 2 aliphatic rings. The van der Waals surface area contributed by atoms with Crippen LogP contribution in [0, 0.1) is 0 Å². The minimum absolute atomic E-state index is 0.0610. The number of halogens is 2. The maximum absolute atomic E-state index is 12.9. The van der Waals surface area contributed by atoms with E-state index in [-0.39, 0.29) is 18.4 Å². The van der Waals surface area contributed by atoms with E-state index in [0.29, 0.717) is 51.7 Å². The van der Waals surface area contributed by atoms with E-state index in [2.05, 4.69) is 10.6 Å². The van der Waals surface area contributed by atoms with Crippen LogP contribution in [0.2, 0.25) is 10.0 Å². The Balaban J connectivity index is 1.43. The van der Waals surface area contributed by atoms with Gasteiger partial charge in [-0.1, -0.05) is 23.2 Å². The van der Waals surface area contributed by atoms with Crippen molar-refractivity contribution in [3.05, 3.63) is 45.9 Å². The number of nitrogens with zero attached hydrogens (tertiary/aromatic N) is 1. The fraction of sp³-hybridized carbons (Fsp3) is 0.364. The zero-order valence-corrected chi connectivity index (χ0v) is 18.4. The van der Waals surface area contributed by atoms with Gasteiger partial charge in [-0.3, -0.25) is 9.59 Å². The molecule has 31 heavy (non-hydrogen) atoms. The Morgan fingerprint density at radius 2 is 1.65 bits per heavy atom. The second kappa shape index (κ2) is 9.66. The topological polar surface area (TPSA) is 79.9 Å². The molecule has 2 N–H and O–H groups in total. The van der Waals surface area contributed by atoms with E-state index in [4.69, 9.17) is 32.7 Å². The molecule has 9 heteroatoms. The summed E-state index contributed by atoms with van der Waals surface area (Å²) in [6, 6.07) is 8.28. The minimum Gasteiger partial charge on any atom is -0.486 e. The highest BCUT2D eigenvalue weighted by atomic mass is 35.5. The van der Waals surface area contributed by atoms with Gasteiger partial charge in [0.1, 0.15) is 13.2 Å². The first-order valence-corrected chi connectivity index (χ1v) is 11.0. The number of fused-ring (bicyclic) bond motifs is 1. The number of carbonyl (C=O) groups is 2. The molecule has 0 spiro atoms. The van der Waals surface area contributed by atoms with Crippen LogP contribution in [0.25, 0.3) is 0 Å². The molecule has 0 radical (unpaired) electrons. The molecule has 0 aromatic heterocycles. The van der Waals surface area contributed by atoms with Gasteiger partial charge in [-0.25, -0.2) is 0 Å². The summed E-state index contributed by atoms with van der Waals surface area (Å²) in [6.07, 6.45) is 3.14. The molecule has 0 aliphatic carbocycles. The van der Waals surface area contributed by atoms with E-state index >= 15 is 0 Å². The summed E-state index contributed by atoms with van der Waals surface area (Å²) in [5, 5.41) is 6.62. The van der Waals surface area contributed by atoms with Crippen molar-refractivity contribution in [2.24, 2.45) is 0 Å². The highest BCUT2D eigenvalue weighted by Crippen LogP contribution is 2.38. The normalized spacial score (nSPS) is 15.4. The second-order valence-corrected chi connectivity index (χ2v) is 8.26. The third-order valence-electron chi connectivity index (χ3n) is 5.20. The molecular weight excluding hydrogens is 441 g/mol. The molecule has 1 saturated heterocycles. The number of piperidine rings is 1. The third kappa shape index (κ3) is 5.17. The van der Waals surface area contributed by atoms with Crippen molar-refractivity contribution in [1.29, 1.82) is 0 Å². The molecule has 4 rings (SSSR count). The van der Waals surface area contributed by atoms with Gasteiger partial charge in [0, 0.05) is 35.9 Å². The van der Waals surface area contributed by atoms with Crippen LogP contribution in [0.4, 0.5) is 11.4 Å². The van der Waals surface area contributed by atoms with Crippen molar-refractivity contribution in [2.75, 3.05) is 43.5 Å². The maximum Gasteiger partial charge on any atom is 0.255 e. The zero-order valence-electron chi connectivity index (χ0n) is 16.9. The van der Waals surface area contributed by atoms with Crippen LogP contribution in [0.3, 0.4) is 0 Å². The lowest BCUT2D eigenvalue weighted by atomic mass is 10.1. The summed E-state index contributed by atoms with van der Waals surface area (Å²) >= 11 is 12.4. The minimum atomic E-state index is -0.324. The van der Waals surface area contributed by atoms with Gasteiger partial charge in [0.05, 0.1) is 22.8 Å². The van der Waals surface area contributed by atoms with Crippen molar-refractivity contribution in [2.45, 2.75) is 19.3 Å².